The molecule has 0 aliphatic carbocycles. The zero-order valence-corrected chi connectivity index (χ0v) is 17.2. The molecule has 0 unspecified atom stereocenters. The normalized spacial score (nSPS) is 23.1. The van der Waals surface area contributed by atoms with Crippen LogP contribution in [0.1, 0.15) is 41.9 Å². The Morgan fingerprint density at radius 2 is 1.90 bits per heavy atom. The molecule has 2 aliphatic rings. The number of ether oxygens (including phenoxy) is 1. The van der Waals surface area contributed by atoms with Crippen LogP contribution < -0.4 is 4.74 Å². The van der Waals surface area contributed by atoms with Crippen LogP contribution in [0, 0.1) is 11.8 Å². The predicted molar refractivity (Wildman–Crippen MR) is 115 cm³/mol. The molecule has 5 heteroatoms. The van der Waals surface area contributed by atoms with E-state index in [1.54, 1.807) is 18.2 Å². The number of phenolic OH excluding ortho intramolecular Hbond substituents is 1. The largest absolute Gasteiger partial charge is 0.507 e. The smallest absolute Gasteiger partial charge is 0.232 e. The molecule has 3 heterocycles. The Labute approximate surface area is 175 Å². The number of fused-ring (bicyclic) bond motifs is 2. The Bertz CT molecular complexity index is 1120. The predicted octanol–water partition coefficient (Wildman–Crippen LogP) is 5.23. The summed E-state index contributed by atoms with van der Waals surface area (Å²) in [4.78, 5) is 15.3. The second-order valence-corrected chi connectivity index (χ2v) is 8.71. The number of furan rings is 1. The number of hydrogen-bond donors (Lipinski definition) is 1. The molecule has 0 radical (unpaired) electrons. The minimum Gasteiger partial charge on any atom is -0.507 e. The first-order valence-corrected chi connectivity index (χ1v) is 10.5. The summed E-state index contributed by atoms with van der Waals surface area (Å²) >= 11 is 0. The van der Waals surface area contributed by atoms with E-state index in [2.05, 4.69) is 18.7 Å². The van der Waals surface area contributed by atoms with Crippen LogP contribution >= 0.6 is 0 Å². The number of aromatic hydroxyl groups is 1. The van der Waals surface area contributed by atoms with Gasteiger partial charge in [-0.2, -0.15) is 0 Å². The lowest BCUT2D eigenvalue weighted by Crippen LogP contribution is -2.38. The molecule has 0 amide bonds. The van der Waals surface area contributed by atoms with Crippen molar-refractivity contribution in [2.45, 2.75) is 26.8 Å². The maximum Gasteiger partial charge on any atom is 0.232 e. The van der Waals surface area contributed by atoms with E-state index in [1.807, 2.05) is 30.3 Å². The van der Waals surface area contributed by atoms with Crippen LogP contribution in [0.2, 0.25) is 0 Å². The van der Waals surface area contributed by atoms with E-state index in [-0.39, 0.29) is 17.3 Å². The van der Waals surface area contributed by atoms with E-state index >= 15 is 0 Å². The number of likely N-dealkylation sites (tertiary alicyclic amines) is 1. The van der Waals surface area contributed by atoms with Crippen molar-refractivity contribution in [2.75, 3.05) is 13.1 Å². The summed E-state index contributed by atoms with van der Waals surface area (Å²) in [5.74, 6) is 2.45. The van der Waals surface area contributed by atoms with Crippen molar-refractivity contribution in [2.24, 2.45) is 11.8 Å². The number of allylic oxidation sites excluding steroid dienone is 1. The number of phenols is 1. The van der Waals surface area contributed by atoms with E-state index in [9.17, 15) is 9.90 Å². The average molecular weight is 403 g/mol. The maximum absolute atomic E-state index is 12.9. The van der Waals surface area contributed by atoms with Gasteiger partial charge >= 0.3 is 0 Å². The zero-order valence-electron chi connectivity index (χ0n) is 17.2. The first-order chi connectivity index (χ1) is 14.5. The van der Waals surface area contributed by atoms with Gasteiger partial charge in [-0.3, -0.25) is 9.69 Å². The van der Waals surface area contributed by atoms with Crippen molar-refractivity contribution in [1.29, 1.82) is 0 Å². The van der Waals surface area contributed by atoms with Crippen LogP contribution in [-0.2, 0) is 6.54 Å². The summed E-state index contributed by atoms with van der Waals surface area (Å²) in [7, 11) is 0. The molecule has 2 atom stereocenters. The fraction of sp³-hybridized carbons (Fsp3) is 0.320. The number of hydrogen-bond acceptors (Lipinski definition) is 5. The molecule has 30 heavy (non-hydrogen) atoms. The third-order valence-electron chi connectivity index (χ3n) is 5.96. The van der Waals surface area contributed by atoms with Crippen molar-refractivity contribution in [1.82, 2.24) is 4.90 Å². The molecule has 2 aromatic carbocycles. The lowest BCUT2D eigenvalue weighted by molar-refractivity contribution is 0.101. The van der Waals surface area contributed by atoms with Crippen LogP contribution in [0.5, 0.6) is 11.5 Å². The summed E-state index contributed by atoms with van der Waals surface area (Å²) in [5, 5.41) is 11.5. The molecule has 2 aliphatic heterocycles. The van der Waals surface area contributed by atoms with Gasteiger partial charge in [0, 0.05) is 31.1 Å². The van der Waals surface area contributed by atoms with Gasteiger partial charge in [0.15, 0.2) is 5.76 Å². The van der Waals surface area contributed by atoms with Gasteiger partial charge in [-0.15, -0.1) is 0 Å². The molecule has 5 rings (SSSR count). The van der Waals surface area contributed by atoms with Crippen molar-refractivity contribution in [3.8, 4) is 11.5 Å². The second-order valence-electron chi connectivity index (χ2n) is 8.71. The Morgan fingerprint density at radius 1 is 1.13 bits per heavy atom. The number of nitrogens with zero attached hydrogens (tertiary/aromatic N) is 1. The molecular formula is C25H25NO4. The van der Waals surface area contributed by atoms with Crippen molar-refractivity contribution < 1.29 is 19.1 Å². The highest BCUT2D eigenvalue weighted by atomic mass is 16.5. The second kappa shape index (κ2) is 7.33. The number of rotatable bonds is 3. The van der Waals surface area contributed by atoms with Gasteiger partial charge in [-0.05, 0) is 42.5 Å². The van der Waals surface area contributed by atoms with Crippen molar-refractivity contribution >= 4 is 22.8 Å². The molecular weight excluding hydrogens is 378 g/mol. The molecule has 1 saturated heterocycles. The SMILES string of the molecule is C[C@@H]1C[C@@H](C)CN(Cc2c(O)ccc3c2O/C(=C\c2cc4ccccc4o2)C3=O)C1. The summed E-state index contributed by atoms with van der Waals surface area (Å²) in [5.41, 5.74) is 1.93. The van der Waals surface area contributed by atoms with Crippen LogP contribution in [0.3, 0.4) is 0 Å². The molecule has 5 nitrogen and oxygen atoms in total. The Balaban J connectivity index is 1.46. The van der Waals surface area contributed by atoms with Crippen LogP contribution in [-0.4, -0.2) is 28.9 Å². The van der Waals surface area contributed by atoms with Gasteiger partial charge in [0.25, 0.3) is 0 Å². The van der Waals surface area contributed by atoms with Gasteiger partial charge in [0.1, 0.15) is 22.8 Å². The number of piperidine rings is 1. The molecule has 154 valence electrons. The van der Waals surface area contributed by atoms with Gasteiger partial charge in [0.2, 0.25) is 5.78 Å². The maximum atomic E-state index is 12.9. The van der Waals surface area contributed by atoms with Crippen LogP contribution in [0.25, 0.3) is 17.0 Å². The molecule has 3 aromatic rings. The highest BCUT2D eigenvalue weighted by Crippen LogP contribution is 2.41. The van der Waals surface area contributed by atoms with Crippen molar-refractivity contribution in [3.63, 3.8) is 0 Å². The van der Waals surface area contributed by atoms with E-state index in [0.29, 0.717) is 41.0 Å². The first-order valence-electron chi connectivity index (χ1n) is 10.5. The molecule has 0 bridgehead atoms. The summed E-state index contributed by atoms with van der Waals surface area (Å²) in [6.07, 6.45) is 2.85. The summed E-state index contributed by atoms with van der Waals surface area (Å²) in [6, 6.07) is 12.8. The fourth-order valence-electron chi connectivity index (χ4n) is 4.80. The molecule has 1 aromatic heterocycles. The highest BCUT2D eigenvalue weighted by molar-refractivity contribution is 6.15. The van der Waals surface area contributed by atoms with Gasteiger partial charge in [-0.25, -0.2) is 0 Å². The minimum atomic E-state index is -0.188. The van der Waals surface area contributed by atoms with Gasteiger partial charge in [0.05, 0.1) is 11.1 Å². The van der Waals surface area contributed by atoms with Crippen molar-refractivity contribution in [3.05, 3.63) is 65.1 Å². The Kier molecular flexibility index (Phi) is 4.63. The average Bonchev–Trinajstić information content (AvgIpc) is 3.24. The van der Waals surface area contributed by atoms with Crippen LogP contribution in [0.15, 0.2) is 52.6 Å². The Morgan fingerprint density at radius 3 is 2.67 bits per heavy atom. The number of benzene rings is 2. The monoisotopic (exact) mass is 403 g/mol. The van der Waals surface area contributed by atoms with E-state index in [0.717, 1.165) is 24.1 Å². The first kappa shape index (κ1) is 18.9. The summed E-state index contributed by atoms with van der Waals surface area (Å²) in [6.45, 7) is 7.03. The number of carbonyl (C=O) groups is 1. The van der Waals surface area contributed by atoms with E-state index in [4.69, 9.17) is 9.15 Å². The third kappa shape index (κ3) is 3.39. The lowest BCUT2D eigenvalue weighted by atomic mass is 9.91. The number of para-hydroxylation sites is 1. The quantitative estimate of drug-likeness (QED) is 0.607. The number of Topliss-reactive ketones (excluding diaryl/α,β-unsaturated/α-hetero) is 1. The zero-order chi connectivity index (χ0) is 20.8. The molecule has 0 saturated carbocycles. The molecule has 0 spiro atoms. The minimum absolute atomic E-state index is 0.164. The fourth-order valence-corrected chi connectivity index (χ4v) is 4.80. The lowest BCUT2D eigenvalue weighted by Gasteiger charge is -2.35. The Hall–Kier alpha value is -3.05. The number of ketones is 1. The third-order valence-corrected chi connectivity index (χ3v) is 5.96. The van der Waals surface area contributed by atoms with Gasteiger partial charge < -0.3 is 14.3 Å². The number of carbonyl (C=O) groups excluding carboxylic acids is 1. The molecule has 1 N–H and O–H groups in total. The topological polar surface area (TPSA) is 62.9 Å². The van der Waals surface area contributed by atoms with E-state index < -0.39 is 0 Å². The van der Waals surface area contributed by atoms with Crippen LogP contribution in [0.4, 0.5) is 0 Å². The summed E-state index contributed by atoms with van der Waals surface area (Å²) < 4.78 is 11.8. The van der Waals surface area contributed by atoms with E-state index in [1.165, 1.54) is 6.42 Å². The van der Waals surface area contributed by atoms with Gasteiger partial charge in [-0.1, -0.05) is 32.0 Å². The standard InChI is InChI=1S/C25H25NO4/c1-15-9-16(2)13-26(12-15)14-20-21(27)8-7-19-24(28)23(30-25(19)20)11-18-10-17-5-3-4-6-22(17)29-18/h3-8,10-11,15-16,27H,9,12-14H2,1-2H3/b23-11-/t15-,16-/m1/s1. The highest BCUT2D eigenvalue weighted by Gasteiger charge is 2.33. The molecule has 1 fully saturated rings.